The van der Waals surface area contributed by atoms with Crippen molar-refractivity contribution in [3.8, 4) is 0 Å². The first kappa shape index (κ1) is 12.9. The monoisotopic (exact) mass is 251 g/mol. The Balaban J connectivity index is 1.92. The van der Waals surface area contributed by atoms with Crippen LogP contribution in [0.5, 0.6) is 0 Å². The van der Waals surface area contributed by atoms with E-state index in [4.69, 9.17) is 11.6 Å². The maximum absolute atomic E-state index is 6.13. The highest BCUT2D eigenvalue weighted by molar-refractivity contribution is 6.31. The van der Waals surface area contributed by atoms with Gasteiger partial charge in [0.25, 0.3) is 0 Å². The van der Waals surface area contributed by atoms with E-state index < -0.39 is 0 Å². The fourth-order valence-electron chi connectivity index (χ4n) is 2.65. The molecule has 3 atom stereocenters. The molecule has 0 saturated heterocycles. The summed E-state index contributed by atoms with van der Waals surface area (Å²) in [5.41, 5.74) is 2.44. The number of aryl methyl sites for hydroxylation is 1. The molecule has 2 rings (SSSR count). The van der Waals surface area contributed by atoms with Crippen LogP contribution in [0.4, 0.5) is 0 Å². The van der Waals surface area contributed by atoms with Crippen molar-refractivity contribution >= 4 is 11.6 Å². The molecule has 1 aromatic rings. The lowest BCUT2D eigenvalue weighted by Gasteiger charge is -2.19. The first-order valence-electron chi connectivity index (χ1n) is 6.56. The second-order valence-electron chi connectivity index (χ2n) is 5.48. The molecule has 1 aliphatic carbocycles. The van der Waals surface area contributed by atoms with Crippen molar-refractivity contribution in [3.05, 3.63) is 34.3 Å². The Kier molecular flexibility index (Phi) is 4.11. The number of halogens is 1. The van der Waals surface area contributed by atoms with Crippen LogP contribution in [0.15, 0.2) is 18.2 Å². The lowest BCUT2D eigenvalue weighted by molar-refractivity contribution is 0.370. The van der Waals surface area contributed by atoms with Crippen LogP contribution in [0.25, 0.3) is 0 Å². The maximum atomic E-state index is 6.13. The highest BCUT2D eigenvalue weighted by atomic mass is 35.5. The van der Waals surface area contributed by atoms with Gasteiger partial charge in [0.05, 0.1) is 0 Å². The van der Waals surface area contributed by atoms with Gasteiger partial charge in [0.15, 0.2) is 0 Å². The molecule has 1 N–H and O–H groups in total. The van der Waals surface area contributed by atoms with Crippen LogP contribution in [0.2, 0.25) is 5.02 Å². The summed E-state index contributed by atoms with van der Waals surface area (Å²) in [6.07, 6.45) is 2.66. The van der Waals surface area contributed by atoms with Crippen molar-refractivity contribution < 1.29 is 0 Å². The Morgan fingerprint density at radius 2 is 2.06 bits per heavy atom. The van der Waals surface area contributed by atoms with Crippen LogP contribution < -0.4 is 5.32 Å². The first-order chi connectivity index (χ1) is 8.08. The van der Waals surface area contributed by atoms with Crippen molar-refractivity contribution in [2.45, 2.75) is 46.2 Å². The number of hydrogen-bond donors (Lipinski definition) is 1. The van der Waals surface area contributed by atoms with E-state index in [1.165, 1.54) is 18.4 Å². The molecule has 2 heteroatoms. The second kappa shape index (κ2) is 5.41. The summed E-state index contributed by atoms with van der Waals surface area (Å²) in [5, 5.41) is 4.54. The summed E-state index contributed by atoms with van der Waals surface area (Å²) in [4.78, 5) is 0. The molecule has 0 aliphatic heterocycles. The average Bonchev–Trinajstić information content (AvgIpc) is 2.62. The van der Waals surface area contributed by atoms with Crippen molar-refractivity contribution in [1.29, 1.82) is 0 Å². The highest BCUT2D eigenvalue weighted by Gasteiger charge is 2.28. The van der Waals surface area contributed by atoms with E-state index in [1.807, 2.05) is 6.92 Å². The van der Waals surface area contributed by atoms with Gasteiger partial charge in [0.2, 0.25) is 0 Å². The Morgan fingerprint density at radius 1 is 1.29 bits per heavy atom. The normalized spacial score (nSPS) is 28.6. The van der Waals surface area contributed by atoms with Gasteiger partial charge in [-0.1, -0.05) is 37.6 Å². The molecule has 1 saturated carbocycles. The summed E-state index contributed by atoms with van der Waals surface area (Å²) in [7, 11) is 0. The van der Waals surface area contributed by atoms with E-state index >= 15 is 0 Å². The van der Waals surface area contributed by atoms with E-state index in [0.29, 0.717) is 6.04 Å². The van der Waals surface area contributed by atoms with Gasteiger partial charge in [-0.05, 0) is 48.8 Å². The van der Waals surface area contributed by atoms with Crippen LogP contribution in [-0.4, -0.2) is 6.04 Å². The van der Waals surface area contributed by atoms with Gasteiger partial charge >= 0.3 is 0 Å². The maximum Gasteiger partial charge on any atom is 0.0438 e. The third kappa shape index (κ3) is 3.02. The Labute approximate surface area is 110 Å². The molecule has 0 heterocycles. The third-order valence-corrected chi connectivity index (χ3v) is 4.68. The van der Waals surface area contributed by atoms with E-state index in [9.17, 15) is 0 Å². The summed E-state index contributed by atoms with van der Waals surface area (Å²) < 4.78 is 0. The molecule has 0 bridgehead atoms. The van der Waals surface area contributed by atoms with Gasteiger partial charge in [0.1, 0.15) is 0 Å². The third-order valence-electron chi connectivity index (χ3n) is 4.27. The zero-order valence-corrected chi connectivity index (χ0v) is 11.7. The van der Waals surface area contributed by atoms with E-state index in [2.05, 4.69) is 37.4 Å². The van der Waals surface area contributed by atoms with Crippen molar-refractivity contribution in [2.24, 2.45) is 11.8 Å². The molecular weight excluding hydrogens is 230 g/mol. The van der Waals surface area contributed by atoms with Gasteiger partial charge in [-0.3, -0.25) is 0 Å². The largest absolute Gasteiger partial charge is 0.310 e. The Bertz CT molecular complexity index is 389. The van der Waals surface area contributed by atoms with Crippen LogP contribution >= 0.6 is 11.6 Å². The number of benzene rings is 1. The average molecular weight is 252 g/mol. The lowest BCUT2D eigenvalue weighted by atomic mass is 9.97. The first-order valence-corrected chi connectivity index (χ1v) is 6.94. The van der Waals surface area contributed by atoms with Crippen LogP contribution in [0.1, 0.15) is 37.8 Å². The molecule has 3 unspecified atom stereocenters. The highest BCUT2D eigenvalue weighted by Crippen LogP contribution is 2.31. The molecule has 1 aliphatic rings. The zero-order valence-electron chi connectivity index (χ0n) is 11.0. The fourth-order valence-corrected chi connectivity index (χ4v) is 2.85. The van der Waals surface area contributed by atoms with E-state index in [1.54, 1.807) is 0 Å². The topological polar surface area (TPSA) is 12.0 Å². The molecule has 1 fully saturated rings. The lowest BCUT2D eigenvalue weighted by Crippen LogP contribution is -2.31. The minimum atomic E-state index is 0.671. The molecular formula is C15H22ClN. The summed E-state index contributed by atoms with van der Waals surface area (Å²) >= 11 is 6.13. The van der Waals surface area contributed by atoms with Gasteiger partial charge in [0, 0.05) is 17.6 Å². The van der Waals surface area contributed by atoms with Crippen LogP contribution in [-0.2, 0) is 6.54 Å². The fraction of sp³-hybridized carbons (Fsp3) is 0.600. The summed E-state index contributed by atoms with van der Waals surface area (Å²) in [6.45, 7) is 7.69. The van der Waals surface area contributed by atoms with Gasteiger partial charge in [-0.25, -0.2) is 0 Å². The molecule has 17 heavy (non-hydrogen) atoms. The summed E-state index contributed by atoms with van der Waals surface area (Å²) in [5.74, 6) is 1.64. The molecule has 94 valence electrons. The predicted molar refractivity (Wildman–Crippen MR) is 74.4 cm³/mol. The van der Waals surface area contributed by atoms with Gasteiger partial charge in [-0.2, -0.15) is 0 Å². The van der Waals surface area contributed by atoms with Crippen molar-refractivity contribution in [2.75, 3.05) is 0 Å². The molecule has 1 nitrogen and oxygen atoms in total. The van der Waals surface area contributed by atoms with Crippen LogP contribution in [0, 0.1) is 18.8 Å². The predicted octanol–water partition coefficient (Wildman–Crippen LogP) is 4.17. The van der Waals surface area contributed by atoms with Gasteiger partial charge in [-0.15, -0.1) is 0 Å². The molecule has 0 aromatic heterocycles. The van der Waals surface area contributed by atoms with Crippen molar-refractivity contribution in [3.63, 3.8) is 0 Å². The molecule has 0 radical (unpaired) electrons. The zero-order chi connectivity index (χ0) is 12.4. The smallest absolute Gasteiger partial charge is 0.0438 e. The van der Waals surface area contributed by atoms with E-state index in [-0.39, 0.29) is 0 Å². The minimum Gasteiger partial charge on any atom is -0.310 e. The summed E-state index contributed by atoms with van der Waals surface area (Å²) in [6, 6.07) is 7.01. The minimum absolute atomic E-state index is 0.671. The van der Waals surface area contributed by atoms with Crippen LogP contribution in [0.3, 0.4) is 0 Å². The standard InChI is InChI=1S/C15H22ClN/c1-10-5-7-15(12(10)3)17-9-13-6-4-11(2)14(16)8-13/h4,6,8,10,12,15,17H,5,7,9H2,1-3H3. The molecule has 0 amide bonds. The van der Waals surface area contributed by atoms with Gasteiger partial charge < -0.3 is 5.32 Å². The van der Waals surface area contributed by atoms with Crippen molar-refractivity contribution in [1.82, 2.24) is 5.32 Å². The number of hydrogen-bond acceptors (Lipinski definition) is 1. The molecule has 0 spiro atoms. The quantitative estimate of drug-likeness (QED) is 0.850. The molecule has 1 aromatic carbocycles. The SMILES string of the molecule is Cc1ccc(CNC2CCC(C)C2C)cc1Cl. The number of rotatable bonds is 3. The number of nitrogens with one attached hydrogen (secondary N) is 1. The Morgan fingerprint density at radius 3 is 2.65 bits per heavy atom. The second-order valence-corrected chi connectivity index (χ2v) is 5.89. The Hall–Kier alpha value is -0.530. The van der Waals surface area contributed by atoms with E-state index in [0.717, 1.165) is 29.0 Å².